The minimum absolute atomic E-state index is 0.0735. The molecule has 112 valence electrons. The van der Waals surface area contributed by atoms with Gasteiger partial charge < -0.3 is 10.4 Å². The summed E-state index contributed by atoms with van der Waals surface area (Å²) in [4.78, 5) is 12.3. The van der Waals surface area contributed by atoms with Crippen LogP contribution in [-0.2, 0) is 4.79 Å². The van der Waals surface area contributed by atoms with Gasteiger partial charge in [0.15, 0.2) is 0 Å². The molecular weight excluding hydrogens is 262 g/mol. The fourth-order valence-electron chi connectivity index (χ4n) is 2.76. The minimum Gasteiger partial charge on any atom is -0.395 e. The topological polar surface area (TPSA) is 49.3 Å². The number of aliphatic hydroxyl groups excluding tert-OH is 1. The highest BCUT2D eigenvalue weighted by molar-refractivity contribution is 5.92. The van der Waals surface area contributed by atoms with Gasteiger partial charge in [-0.15, -0.1) is 0 Å². The molecule has 1 aromatic rings. The summed E-state index contributed by atoms with van der Waals surface area (Å²) >= 11 is 0. The van der Waals surface area contributed by atoms with Crippen LogP contribution in [0.15, 0.2) is 18.2 Å². The number of benzene rings is 1. The molecule has 21 heavy (non-hydrogen) atoms. The Morgan fingerprint density at radius 1 is 1.29 bits per heavy atom. The molecule has 1 saturated carbocycles. The standard InChI is InChI=1S/C18H23NO2/c1-14-11-15(7-5-6-10-20)13-17(12-14)19-18(21)16-8-3-2-4-9-16/h11-13,16,20H,2-4,6,8-10H2,1H3,(H,19,21). The number of amides is 1. The van der Waals surface area contributed by atoms with Crippen molar-refractivity contribution in [2.75, 3.05) is 11.9 Å². The summed E-state index contributed by atoms with van der Waals surface area (Å²) in [6, 6.07) is 5.86. The van der Waals surface area contributed by atoms with Crippen molar-refractivity contribution in [2.24, 2.45) is 5.92 Å². The number of carbonyl (C=O) groups is 1. The molecule has 3 heteroatoms. The first-order valence-corrected chi connectivity index (χ1v) is 7.71. The van der Waals surface area contributed by atoms with Crippen LogP contribution in [0.5, 0.6) is 0 Å². The van der Waals surface area contributed by atoms with Gasteiger partial charge >= 0.3 is 0 Å². The smallest absolute Gasteiger partial charge is 0.227 e. The summed E-state index contributed by atoms with van der Waals surface area (Å²) in [5.41, 5.74) is 2.77. The Morgan fingerprint density at radius 2 is 2.05 bits per heavy atom. The van der Waals surface area contributed by atoms with Crippen molar-refractivity contribution >= 4 is 11.6 Å². The van der Waals surface area contributed by atoms with E-state index in [4.69, 9.17) is 5.11 Å². The van der Waals surface area contributed by atoms with Crippen LogP contribution in [-0.4, -0.2) is 17.6 Å². The second kappa shape index (κ2) is 7.85. The Bertz CT molecular complexity index is 548. The van der Waals surface area contributed by atoms with E-state index in [1.807, 2.05) is 25.1 Å². The van der Waals surface area contributed by atoms with E-state index in [0.29, 0.717) is 6.42 Å². The third-order valence-corrected chi connectivity index (χ3v) is 3.79. The molecule has 0 bridgehead atoms. The second-order valence-corrected chi connectivity index (χ2v) is 5.69. The van der Waals surface area contributed by atoms with Gasteiger partial charge in [-0.1, -0.05) is 31.1 Å². The Morgan fingerprint density at radius 3 is 2.76 bits per heavy atom. The highest BCUT2D eigenvalue weighted by atomic mass is 16.2. The fraction of sp³-hybridized carbons (Fsp3) is 0.500. The van der Waals surface area contributed by atoms with Crippen molar-refractivity contribution < 1.29 is 9.90 Å². The van der Waals surface area contributed by atoms with E-state index in [9.17, 15) is 4.79 Å². The number of anilines is 1. The summed E-state index contributed by atoms with van der Waals surface area (Å²) in [7, 11) is 0. The van der Waals surface area contributed by atoms with Crippen molar-refractivity contribution in [3.05, 3.63) is 29.3 Å². The van der Waals surface area contributed by atoms with Crippen LogP contribution in [0.2, 0.25) is 0 Å². The SMILES string of the molecule is Cc1cc(C#CCCO)cc(NC(=O)C2CCCCC2)c1. The summed E-state index contributed by atoms with van der Waals surface area (Å²) in [5.74, 6) is 6.22. The maximum atomic E-state index is 12.3. The Hall–Kier alpha value is -1.79. The number of carbonyl (C=O) groups excluding carboxylic acids is 1. The third kappa shape index (κ3) is 4.91. The molecule has 0 saturated heterocycles. The summed E-state index contributed by atoms with van der Waals surface area (Å²) in [6.07, 6.45) is 6.03. The molecule has 0 atom stereocenters. The average Bonchev–Trinajstić information content (AvgIpc) is 2.48. The van der Waals surface area contributed by atoms with Crippen molar-refractivity contribution in [3.8, 4) is 11.8 Å². The molecule has 0 heterocycles. The van der Waals surface area contributed by atoms with Gasteiger partial charge in [0.1, 0.15) is 0 Å². The van der Waals surface area contributed by atoms with Gasteiger partial charge in [0.2, 0.25) is 5.91 Å². The molecule has 3 nitrogen and oxygen atoms in total. The van der Waals surface area contributed by atoms with E-state index < -0.39 is 0 Å². The molecule has 1 aromatic carbocycles. The lowest BCUT2D eigenvalue weighted by Crippen LogP contribution is -2.24. The molecule has 1 aliphatic carbocycles. The van der Waals surface area contributed by atoms with Crippen LogP contribution < -0.4 is 5.32 Å². The predicted molar refractivity (Wildman–Crippen MR) is 85.0 cm³/mol. The van der Waals surface area contributed by atoms with Crippen LogP contribution in [0, 0.1) is 24.7 Å². The molecular formula is C18H23NO2. The lowest BCUT2D eigenvalue weighted by Gasteiger charge is -2.20. The van der Waals surface area contributed by atoms with Gasteiger partial charge in [-0.3, -0.25) is 4.79 Å². The van der Waals surface area contributed by atoms with E-state index in [-0.39, 0.29) is 18.4 Å². The molecule has 0 aromatic heterocycles. The van der Waals surface area contributed by atoms with Crippen LogP contribution in [0.4, 0.5) is 5.69 Å². The normalized spacial score (nSPS) is 15.1. The first-order valence-electron chi connectivity index (χ1n) is 7.71. The molecule has 2 rings (SSSR count). The zero-order valence-electron chi connectivity index (χ0n) is 12.6. The van der Waals surface area contributed by atoms with Gasteiger partial charge in [0.05, 0.1) is 6.61 Å². The summed E-state index contributed by atoms with van der Waals surface area (Å²) in [6.45, 7) is 2.07. The number of rotatable bonds is 3. The lowest BCUT2D eigenvalue weighted by molar-refractivity contribution is -0.120. The van der Waals surface area contributed by atoms with Crippen LogP contribution >= 0.6 is 0 Å². The lowest BCUT2D eigenvalue weighted by atomic mass is 9.88. The van der Waals surface area contributed by atoms with Crippen molar-refractivity contribution in [2.45, 2.75) is 45.4 Å². The van der Waals surface area contributed by atoms with Gasteiger partial charge in [0, 0.05) is 23.6 Å². The van der Waals surface area contributed by atoms with Crippen molar-refractivity contribution in [1.29, 1.82) is 0 Å². The van der Waals surface area contributed by atoms with Crippen LogP contribution in [0.25, 0.3) is 0 Å². The Kier molecular flexibility index (Phi) is 5.83. The quantitative estimate of drug-likeness (QED) is 0.838. The van der Waals surface area contributed by atoms with Gasteiger partial charge in [-0.2, -0.15) is 0 Å². The Balaban J connectivity index is 2.05. The minimum atomic E-state index is 0.0735. The zero-order valence-corrected chi connectivity index (χ0v) is 12.6. The predicted octanol–water partition coefficient (Wildman–Crippen LogP) is 3.25. The molecule has 2 N–H and O–H groups in total. The Labute approximate surface area is 126 Å². The number of hydrogen-bond donors (Lipinski definition) is 2. The maximum absolute atomic E-state index is 12.3. The summed E-state index contributed by atoms with van der Waals surface area (Å²) in [5, 5.41) is 11.8. The molecule has 1 fully saturated rings. The second-order valence-electron chi connectivity index (χ2n) is 5.69. The van der Waals surface area contributed by atoms with E-state index in [2.05, 4.69) is 17.2 Å². The molecule has 1 amide bonds. The van der Waals surface area contributed by atoms with Gasteiger partial charge in [-0.05, 0) is 43.5 Å². The highest BCUT2D eigenvalue weighted by Crippen LogP contribution is 2.25. The van der Waals surface area contributed by atoms with Crippen molar-refractivity contribution in [1.82, 2.24) is 0 Å². The average molecular weight is 285 g/mol. The van der Waals surface area contributed by atoms with Crippen molar-refractivity contribution in [3.63, 3.8) is 0 Å². The molecule has 0 unspecified atom stereocenters. The molecule has 0 spiro atoms. The van der Waals surface area contributed by atoms with Gasteiger partial charge in [0.25, 0.3) is 0 Å². The van der Waals surface area contributed by atoms with E-state index in [1.54, 1.807) is 0 Å². The first-order chi connectivity index (χ1) is 10.2. The third-order valence-electron chi connectivity index (χ3n) is 3.79. The largest absolute Gasteiger partial charge is 0.395 e. The number of nitrogens with one attached hydrogen (secondary N) is 1. The number of hydrogen-bond acceptors (Lipinski definition) is 2. The number of aryl methyl sites for hydroxylation is 1. The van der Waals surface area contributed by atoms with Gasteiger partial charge in [-0.25, -0.2) is 0 Å². The zero-order chi connectivity index (χ0) is 15.1. The number of aliphatic hydroxyl groups is 1. The molecule has 1 aliphatic rings. The van der Waals surface area contributed by atoms with E-state index >= 15 is 0 Å². The monoisotopic (exact) mass is 285 g/mol. The van der Waals surface area contributed by atoms with Crippen LogP contribution in [0.1, 0.15) is 49.7 Å². The van der Waals surface area contributed by atoms with E-state index in [0.717, 1.165) is 42.5 Å². The van der Waals surface area contributed by atoms with E-state index in [1.165, 1.54) is 6.42 Å². The molecule has 0 aliphatic heterocycles. The first kappa shape index (κ1) is 15.6. The summed E-state index contributed by atoms with van der Waals surface area (Å²) < 4.78 is 0. The van der Waals surface area contributed by atoms with Crippen LogP contribution in [0.3, 0.4) is 0 Å². The highest BCUT2D eigenvalue weighted by Gasteiger charge is 2.21. The fourth-order valence-corrected chi connectivity index (χ4v) is 2.76. The molecule has 0 radical (unpaired) electrons. The maximum Gasteiger partial charge on any atom is 0.227 e.